The second-order valence-electron chi connectivity index (χ2n) is 3.49. The first-order valence-electron chi connectivity index (χ1n) is 5.12. The highest BCUT2D eigenvalue weighted by Gasteiger charge is 2.13. The fourth-order valence-corrected chi connectivity index (χ4v) is 2.18. The predicted molar refractivity (Wildman–Crippen MR) is 66.5 cm³/mol. The first kappa shape index (κ1) is 11.0. The lowest BCUT2D eigenvalue weighted by Crippen LogP contribution is -2.34. The summed E-state index contributed by atoms with van der Waals surface area (Å²) in [7, 11) is 0. The van der Waals surface area contributed by atoms with Crippen LogP contribution in [0.25, 0.3) is 10.2 Å². The molecular formula is C11H13N3OS. The molecule has 0 aliphatic heterocycles. The summed E-state index contributed by atoms with van der Waals surface area (Å²) in [6.45, 7) is 1.88. The van der Waals surface area contributed by atoms with E-state index < -0.39 is 6.04 Å². The van der Waals surface area contributed by atoms with Crippen molar-refractivity contribution in [1.29, 1.82) is 0 Å². The zero-order valence-corrected chi connectivity index (χ0v) is 9.75. The Hall–Kier alpha value is -1.46. The highest BCUT2D eigenvalue weighted by Crippen LogP contribution is 2.25. The summed E-state index contributed by atoms with van der Waals surface area (Å²) in [5.74, 6) is -0.179. The van der Waals surface area contributed by atoms with Crippen LogP contribution in [0.5, 0.6) is 0 Å². The molecular weight excluding hydrogens is 222 g/mol. The van der Waals surface area contributed by atoms with Gasteiger partial charge < -0.3 is 11.1 Å². The molecule has 2 aromatic rings. The fourth-order valence-electron chi connectivity index (χ4n) is 1.31. The number of carbonyl (C=O) groups is 1. The maximum Gasteiger partial charge on any atom is 0.243 e. The predicted octanol–water partition coefficient (Wildman–Crippen LogP) is 1.97. The van der Waals surface area contributed by atoms with Gasteiger partial charge in [0, 0.05) is 0 Å². The third-order valence-corrected chi connectivity index (χ3v) is 3.25. The SMILES string of the molecule is CC[C@@H](N)C(=O)Nc1nc2ccccc2s1. The van der Waals surface area contributed by atoms with Crippen molar-refractivity contribution in [3.05, 3.63) is 24.3 Å². The molecule has 0 saturated carbocycles. The molecule has 1 aromatic heterocycles. The lowest BCUT2D eigenvalue weighted by Gasteiger charge is -2.06. The number of rotatable bonds is 3. The minimum atomic E-state index is -0.466. The minimum Gasteiger partial charge on any atom is -0.320 e. The Kier molecular flexibility index (Phi) is 3.17. The van der Waals surface area contributed by atoms with Crippen LogP contribution in [0.1, 0.15) is 13.3 Å². The number of fused-ring (bicyclic) bond motifs is 1. The number of carbonyl (C=O) groups excluding carboxylic acids is 1. The Labute approximate surface area is 97.5 Å². The van der Waals surface area contributed by atoms with E-state index in [4.69, 9.17) is 5.73 Å². The summed E-state index contributed by atoms with van der Waals surface area (Å²) >= 11 is 1.45. The van der Waals surface area contributed by atoms with Gasteiger partial charge in [-0.1, -0.05) is 30.4 Å². The summed E-state index contributed by atoms with van der Waals surface area (Å²) in [5, 5.41) is 3.33. The Morgan fingerprint density at radius 1 is 1.56 bits per heavy atom. The van der Waals surface area contributed by atoms with E-state index in [-0.39, 0.29) is 5.91 Å². The first-order chi connectivity index (χ1) is 7.70. The van der Waals surface area contributed by atoms with Crippen LogP contribution in [-0.2, 0) is 4.79 Å². The average molecular weight is 235 g/mol. The van der Waals surface area contributed by atoms with Gasteiger partial charge in [-0.25, -0.2) is 4.98 Å². The number of nitrogens with zero attached hydrogens (tertiary/aromatic N) is 1. The first-order valence-corrected chi connectivity index (χ1v) is 5.94. The summed E-state index contributed by atoms with van der Waals surface area (Å²) in [6, 6.07) is 7.30. The van der Waals surface area contributed by atoms with Crippen LogP contribution >= 0.6 is 11.3 Å². The number of nitrogens with two attached hydrogens (primary N) is 1. The smallest absolute Gasteiger partial charge is 0.243 e. The van der Waals surface area contributed by atoms with E-state index >= 15 is 0 Å². The van der Waals surface area contributed by atoms with E-state index in [2.05, 4.69) is 10.3 Å². The van der Waals surface area contributed by atoms with Crippen molar-refractivity contribution in [1.82, 2.24) is 4.98 Å². The molecule has 4 nitrogen and oxygen atoms in total. The van der Waals surface area contributed by atoms with Crippen molar-refractivity contribution in [2.45, 2.75) is 19.4 Å². The molecule has 1 aromatic carbocycles. The molecule has 0 spiro atoms. The molecule has 2 rings (SSSR count). The molecule has 0 aliphatic rings. The minimum absolute atomic E-state index is 0.179. The van der Waals surface area contributed by atoms with Crippen molar-refractivity contribution in [2.24, 2.45) is 5.73 Å². The van der Waals surface area contributed by atoms with Crippen LogP contribution in [0.2, 0.25) is 0 Å². The van der Waals surface area contributed by atoms with E-state index in [1.807, 2.05) is 31.2 Å². The van der Waals surface area contributed by atoms with Crippen molar-refractivity contribution >= 4 is 32.6 Å². The Bertz CT molecular complexity index is 476. The molecule has 3 N–H and O–H groups in total. The standard InChI is InChI=1S/C11H13N3OS/c1-2-7(12)10(15)14-11-13-8-5-3-4-6-9(8)16-11/h3-7H,2,12H2,1H3,(H,13,14,15)/t7-/m1/s1. The quantitative estimate of drug-likeness (QED) is 0.854. The topological polar surface area (TPSA) is 68.0 Å². The molecule has 1 amide bonds. The lowest BCUT2D eigenvalue weighted by atomic mass is 10.2. The number of thiazole rings is 1. The van der Waals surface area contributed by atoms with Gasteiger partial charge in [-0.2, -0.15) is 0 Å². The van der Waals surface area contributed by atoms with Crippen LogP contribution in [0, 0.1) is 0 Å². The Balaban J connectivity index is 2.18. The second-order valence-corrected chi connectivity index (χ2v) is 4.52. The molecule has 0 bridgehead atoms. The molecule has 0 saturated heterocycles. The van der Waals surface area contributed by atoms with Crippen molar-refractivity contribution in [3.63, 3.8) is 0 Å². The van der Waals surface area contributed by atoms with Crippen molar-refractivity contribution in [3.8, 4) is 0 Å². The summed E-state index contributed by atoms with van der Waals surface area (Å²) in [6.07, 6.45) is 0.622. The zero-order chi connectivity index (χ0) is 11.5. The monoisotopic (exact) mass is 235 g/mol. The Morgan fingerprint density at radius 2 is 2.31 bits per heavy atom. The summed E-state index contributed by atoms with van der Waals surface area (Å²) in [4.78, 5) is 15.9. The number of benzene rings is 1. The highest BCUT2D eigenvalue weighted by molar-refractivity contribution is 7.22. The largest absolute Gasteiger partial charge is 0.320 e. The van der Waals surface area contributed by atoms with Crippen molar-refractivity contribution < 1.29 is 4.79 Å². The maximum absolute atomic E-state index is 11.6. The fraction of sp³-hybridized carbons (Fsp3) is 0.273. The number of anilines is 1. The molecule has 0 radical (unpaired) electrons. The van der Waals surface area contributed by atoms with E-state index in [0.717, 1.165) is 10.2 Å². The van der Waals surface area contributed by atoms with Crippen LogP contribution in [0.3, 0.4) is 0 Å². The average Bonchev–Trinajstić information content (AvgIpc) is 2.69. The number of para-hydroxylation sites is 1. The zero-order valence-electron chi connectivity index (χ0n) is 8.93. The molecule has 0 fully saturated rings. The molecule has 16 heavy (non-hydrogen) atoms. The second kappa shape index (κ2) is 4.59. The van der Waals surface area contributed by atoms with Gasteiger partial charge in [-0.05, 0) is 18.6 Å². The number of nitrogens with one attached hydrogen (secondary N) is 1. The molecule has 0 aliphatic carbocycles. The van der Waals surface area contributed by atoms with E-state index in [9.17, 15) is 4.79 Å². The molecule has 1 heterocycles. The maximum atomic E-state index is 11.6. The lowest BCUT2D eigenvalue weighted by molar-refractivity contribution is -0.117. The van der Waals surface area contributed by atoms with Gasteiger partial charge in [0.05, 0.1) is 16.3 Å². The highest BCUT2D eigenvalue weighted by atomic mass is 32.1. The van der Waals surface area contributed by atoms with Gasteiger partial charge in [-0.15, -0.1) is 0 Å². The van der Waals surface area contributed by atoms with E-state index in [1.165, 1.54) is 11.3 Å². The van der Waals surface area contributed by atoms with Crippen molar-refractivity contribution in [2.75, 3.05) is 5.32 Å². The Morgan fingerprint density at radius 3 is 3.00 bits per heavy atom. The van der Waals surface area contributed by atoms with Gasteiger partial charge in [0.1, 0.15) is 0 Å². The van der Waals surface area contributed by atoms with Gasteiger partial charge in [0.15, 0.2) is 5.13 Å². The van der Waals surface area contributed by atoms with Crippen LogP contribution in [0.4, 0.5) is 5.13 Å². The number of hydrogen-bond acceptors (Lipinski definition) is 4. The van der Waals surface area contributed by atoms with Gasteiger partial charge in [0.25, 0.3) is 0 Å². The summed E-state index contributed by atoms with van der Waals surface area (Å²) < 4.78 is 1.06. The normalized spacial score (nSPS) is 12.6. The van der Waals surface area contributed by atoms with Gasteiger partial charge >= 0.3 is 0 Å². The molecule has 1 atom stereocenters. The van der Waals surface area contributed by atoms with Crippen LogP contribution < -0.4 is 11.1 Å². The third-order valence-electron chi connectivity index (χ3n) is 2.30. The molecule has 84 valence electrons. The van der Waals surface area contributed by atoms with Gasteiger partial charge in [0.2, 0.25) is 5.91 Å². The summed E-state index contributed by atoms with van der Waals surface area (Å²) in [5.41, 5.74) is 6.52. The number of aromatic nitrogens is 1. The molecule has 0 unspecified atom stereocenters. The molecule has 5 heteroatoms. The third kappa shape index (κ3) is 2.20. The number of hydrogen-bond donors (Lipinski definition) is 2. The van der Waals surface area contributed by atoms with E-state index in [1.54, 1.807) is 0 Å². The van der Waals surface area contributed by atoms with Gasteiger partial charge in [-0.3, -0.25) is 4.79 Å². The van der Waals surface area contributed by atoms with Crippen LogP contribution in [0.15, 0.2) is 24.3 Å². The van der Waals surface area contributed by atoms with E-state index in [0.29, 0.717) is 11.6 Å². The number of amides is 1. The van der Waals surface area contributed by atoms with Crippen LogP contribution in [-0.4, -0.2) is 16.9 Å².